The Balaban J connectivity index is 1.67. The van der Waals surface area contributed by atoms with Crippen molar-refractivity contribution >= 4 is 5.91 Å². The topological polar surface area (TPSA) is 29.1 Å². The molecule has 0 saturated heterocycles. The minimum absolute atomic E-state index is 0.315. The summed E-state index contributed by atoms with van der Waals surface area (Å²) in [6.07, 6.45) is 6.80. The maximum absolute atomic E-state index is 12.5. The Morgan fingerprint density at radius 3 is 1.89 bits per heavy atom. The molecule has 1 unspecified atom stereocenters. The lowest BCUT2D eigenvalue weighted by molar-refractivity contribution is -0.139. The van der Waals surface area contributed by atoms with E-state index in [2.05, 4.69) is 26.1 Å². The van der Waals surface area contributed by atoms with Crippen LogP contribution in [0.1, 0.15) is 52.9 Å². The van der Waals surface area contributed by atoms with Crippen LogP contribution in [0.3, 0.4) is 0 Å². The standard InChI is InChI=1S/C16H27NO/c1-9(2)10(3)17-16(18)15-13-5-11-4-12(7-13)8-14(15)6-11/h9-15H,4-8H2,1-3H3,(H,17,18). The van der Waals surface area contributed by atoms with Gasteiger partial charge in [0, 0.05) is 12.0 Å². The number of rotatable bonds is 3. The second-order valence-corrected chi connectivity index (χ2v) is 7.50. The van der Waals surface area contributed by atoms with Crippen LogP contribution in [0.15, 0.2) is 0 Å². The molecule has 2 nitrogen and oxygen atoms in total. The van der Waals surface area contributed by atoms with E-state index in [1.54, 1.807) is 0 Å². The second-order valence-electron chi connectivity index (χ2n) is 7.50. The van der Waals surface area contributed by atoms with E-state index in [4.69, 9.17) is 0 Å². The first-order chi connectivity index (χ1) is 8.54. The van der Waals surface area contributed by atoms with Gasteiger partial charge in [-0.05, 0) is 68.6 Å². The van der Waals surface area contributed by atoms with E-state index in [1.165, 1.54) is 32.1 Å². The van der Waals surface area contributed by atoms with Crippen molar-refractivity contribution in [1.82, 2.24) is 5.32 Å². The van der Waals surface area contributed by atoms with Crippen LogP contribution < -0.4 is 5.32 Å². The molecule has 4 aliphatic carbocycles. The molecule has 1 amide bonds. The van der Waals surface area contributed by atoms with Gasteiger partial charge in [-0.3, -0.25) is 4.79 Å². The van der Waals surface area contributed by atoms with Crippen LogP contribution in [-0.2, 0) is 4.79 Å². The lowest BCUT2D eigenvalue weighted by Crippen LogP contribution is -2.52. The van der Waals surface area contributed by atoms with Crippen LogP contribution in [0.4, 0.5) is 0 Å². The molecule has 102 valence electrons. The maximum Gasteiger partial charge on any atom is 0.223 e. The average molecular weight is 249 g/mol. The highest BCUT2D eigenvalue weighted by atomic mass is 16.2. The van der Waals surface area contributed by atoms with Gasteiger partial charge in [0.2, 0.25) is 5.91 Å². The van der Waals surface area contributed by atoms with E-state index in [0.29, 0.717) is 35.6 Å². The Hall–Kier alpha value is -0.530. The Kier molecular flexibility index (Phi) is 3.15. The van der Waals surface area contributed by atoms with Crippen molar-refractivity contribution in [2.75, 3.05) is 0 Å². The fourth-order valence-electron chi connectivity index (χ4n) is 4.84. The molecule has 4 rings (SSSR count). The maximum atomic E-state index is 12.5. The van der Waals surface area contributed by atoms with Crippen LogP contribution in [0.5, 0.6) is 0 Å². The van der Waals surface area contributed by atoms with Crippen molar-refractivity contribution in [3.8, 4) is 0 Å². The third-order valence-electron chi connectivity index (χ3n) is 5.90. The van der Waals surface area contributed by atoms with Crippen molar-refractivity contribution in [2.24, 2.45) is 35.5 Å². The number of carbonyl (C=O) groups is 1. The van der Waals surface area contributed by atoms with E-state index in [-0.39, 0.29) is 0 Å². The molecule has 0 heterocycles. The fraction of sp³-hybridized carbons (Fsp3) is 0.938. The van der Waals surface area contributed by atoms with Gasteiger partial charge in [0.1, 0.15) is 0 Å². The monoisotopic (exact) mass is 249 g/mol. The fourth-order valence-corrected chi connectivity index (χ4v) is 4.84. The summed E-state index contributed by atoms with van der Waals surface area (Å²) in [6.45, 7) is 6.50. The zero-order valence-corrected chi connectivity index (χ0v) is 12.0. The predicted molar refractivity (Wildman–Crippen MR) is 73.0 cm³/mol. The third-order valence-corrected chi connectivity index (χ3v) is 5.90. The van der Waals surface area contributed by atoms with Gasteiger partial charge in [-0.1, -0.05) is 13.8 Å². The van der Waals surface area contributed by atoms with E-state index in [1.807, 2.05) is 0 Å². The lowest BCUT2D eigenvalue weighted by Gasteiger charge is -2.53. The molecular formula is C16H27NO. The Bertz CT molecular complexity index is 308. The summed E-state index contributed by atoms with van der Waals surface area (Å²) in [4.78, 5) is 12.5. The largest absolute Gasteiger partial charge is 0.353 e. The van der Waals surface area contributed by atoms with Crippen molar-refractivity contribution in [1.29, 1.82) is 0 Å². The van der Waals surface area contributed by atoms with Gasteiger partial charge >= 0.3 is 0 Å². The van der Waals surface area contributed by atoms with Crippen LogP contribution in [0.2, 0.25) is 0 Å². The number of nitrogens with one attached hydrogen (secondary N) is 1. The van der Waals surface area contributed by atoms with Gasteiger partial charge in [0.15, 0.2) is 0 Å². The Morgan fingerprint density at radius 1 is 0.944 bits per heavy atom. The molecule has 4 bridgehead atoms. The van der Waals surface area contributed by atoms with Gasteiger partial charge in [-0.15, -0.1) is 0 Å². The molecule has 18 heavy (non-hydrogen) atoms. The van der Waals surface area contributed by atoms with E-state index in [9.17, 15) is 4.79 Å². The third kappa shape index (κ3) is 2.08. The predicted octanol–water partition coefficient (Wildman–Crippen LogP) is 3.22. The number of carbonyl (C=O) groups excluding carboxylic acids is 1. The molecule has 4 saturated carbocycles. The molecule has 1 N–H and O–H groups in total. The minimum Gasteiger partial charge on any atom is -0.353 e. The van der Waals surface area contributed by atoms with Crippen molar-refractivity contribution in [2.45, 2.75) is 58.9 Å². The molecule has 1 atom stereocenters. The summed E-state index contributed by atoms with van der Waals surface area (Å²) < 4.78 is 0. The molecule has 0 spiro atoms. The second kappa shape index (κ2) is 4.54. The van der Waals surface area contributed by atoms with Crippen LogP contribution in [0, 0.1) is 35.5 Å². The Labute approximate surface area is 111 Å². The lowest BCUT2D eigenvalue weighted by atomic mass is 9.51. The van der Waals surface area contributed by atoms with Gasteiger partial charge in [-0.2, -0.15) is 0 Å². The first-order valence-corrected chi connectivity index (χ1v) is 7.85. The van der Waals surface area contributed by atoms with E-state index < -0.39 is 0 Å². The number of hydrogen-bond donors (Lipinski definition) is 1. The van der Waals surface area contributed by atoms with Gasteiger partial charge in [-0.25, -0.2) is 0 Å². The van der Waals surface area contributed by atoms with Crippen LogP contribution in [0.25, 0.3) is 0 Å². The first-order valence-electron chi connectivity index (χ1n) is 7.85. The highest BCUT2D eigenvalue weighted by molar-refractivity contribution is 5.80. The molecule has 2 heteroatoms. The normalized spacial score (nSPS) is 43.2. The molecule has 0 aliphatic heterocycles. The van der Waals surface area contributed by atoms with Crippen LogP contribution >= 0.6 is 0 Å². The zero-order valence-electron chi connectivity index (χ0n) is 12.0. The molecule has 4 aliphatic rings. The van der Waals surface area contributed by atoms with E-state index in [0.717, 1.165) is 11.8 Å². The molecule has 4 fully saturated rings. The van der Waals surface area contributed by atoms with Crippen molar-refractivity contribution in [3.05, 3.63) is 0 Å². The summed E-state index contributed by atoms with van der Waals surface area (Å²) in [5.41, 5.74) is 0. The number of hydrogen-bond acceptors (Lipinski definition) is 1. The summed E-state index contributed by atoms with van der Waals surface area (Å²) in [6, 6.07) is 0.315. The molecule has 0 aromatic heterocycles. The summed E-state index contributed by atoms with van der Waals surface area (Å²) in [7, 11) is 0. The molecule has 0 aromatic carbocycles. The highest BCUT2D eigenvalue weighted by Crippen LogP contribution is 2.56. The molecule has 0 radical (unpaired) electrons. The zero-order chi connectivity index (χ0) is 12.9. The average Bonchev–Trinajstić information content (AvgIpc) is 2.26. The summed E-state index contributed by atoms with van der Waals surface area (Å²) in [5, 5.41) is 3.27. The van der Waals surface area contributed by atoms with Gasteiger partial charge in [0.05, 0.1) is 0 Å². The minimum atomic E-state index is 0.315. The van der Waals surface area contributed by atoms with Crippen molar-refractivity contribution in [3.63, 3.8) is 0 Å². The van der Waals surface area contributed by atoms with Crippen molar-refractivity contribution < 1.29 is 4.79 Å². The first kappa shape index (κ1) is 12.5. The summed E-state index contributed by atoms with van der Waals surface area (Å²) >= 11 is 0. The van der Waals surface area contributed by atoms with Gasteiger partial charge < -0.3 is 5.32 Å². The quantitative estimate of drug-likeness (QED) is 0.817. The number of amides is 1. The van der Waals surface area contributed by atoms with Crippen LogP contribution in [-0.4, -0.2) is 11.9 Å². The molecule has 0 aromatic rings. The Morgan fingerprint density at radius 2 is 1.44 bits per heavy atom. The highest BCUT2D eigenvalue weighted by Gasteiger charge is 2.50. The smallest absolute Gasteiger partial charge is 0.223 e. The summed E-state index contributed by atoms with van der Waals surface area (Å²) in [5.74, 6) is 4.58. The SMILES string of the molecule is CC(C)C(C)NC(=O)C1C2CC3CC(C2)CC1C3. The van der Waals surface area contributed by atoms with E-state index >= 15 is 0 Å². The van der Waals surface area contributed by atoms with Gasteiger partial charge in [0.25, 0.3) is 0 Å². The molecular weight excluding hydrogens is 222 g/mol.